The first-order valence-corrected chi connectivity index (χ1v) is 7.85. The molecule has 0 spiro atoms. The number of amides is 1. The predicted molar refractivity (Wildman–Crippen MR) is 88.2 cm³/mol. The smallest absolute Gasteiger partial charge is 0.265 e. The Hall–Kier alpha value is -1.43. The van der Waals surface area contributed by atoms with Gasteiger partial charge in [0.1, 0.15) is 9.88 Å². The molecule has 0 unspecified atom stereocenters. The normalized spacial score (nSPS) is 10.7. The van der Waals surface area contributed by atoms with Crippen LogP contribution in [0.2, 0.25) is 5.02 Å². The minimum atomic E-state index is 0.0143. The van der Waals surface area contributed by atoms with Crippen molar-refractivity contribution in [3.05, 3.63) is 39.9 Å². The maximum absolute atomic E-state index is 12.4. The Morgan fingerprint density at radius 2 is 2.05 bits per heavy atom. The summed E-state index contributed by atoms with van der Waals surface area (Å²) in [6, 6.07) is 7.49. The molecule has 0 aliphatic heterocycles. The Kier molecular flexibility index (Phi) is 5.33. The third kappa shape index (κ3) is 3.81. The highest BCUT2D eigenvalue weighted by Crippen LogP contribution is 2.29. The van der Waals surface area contributed by atoms with Crippen LogP contribution in [0, 0.1) is 6.92 Å². The summed E-state index contributed by atoms with van der Waals surface area (Å²) in [5.74, 6) is 0.0143. The van der Waals surface area contributed by atoms with Crippen molar-refractivity contribution < 1.29 is 4.79 Å². The average Bonchev–Trinajstić information content (AvgIpc) is 2.86. The van der Waals surface area contributed by atoms with Crippen LogP contribution in [0.15, 0.2) is 24.3 Å². The monoisotopic (exact) mass is 323 g/mol. The molecule has 112 valence electrons. The fourth-order valence-electron chi connectivity index (χ4n) is 1.87. The van der Waals surface area contributed by atoms with Crippen LogP contribution < -0.4 is 5.32 Å². The molecule has 0 aliphatic carbocycles. The number of rotatable bonds is 5. The van der Waals surface area contributed by atoms with Crippen molar-refractivity contribution in [3.8, 4) is 10.6 Å². The number of aromatic nitrogens is 1. The standard InChI is InChI=1S/C15H18ClN3OS/c1-10-13(15(20)19(3)9-8-17-2)21-14(18-10)11-4-6-12(16)7-5-11/h4-7,17H,8-9H2,1-3H3. The second-order valence-electron chi connectivity index (χ2n) is 4.77. The lowest BCUT2D eigenvalue weighted by molar-refractivity contribution is 0.0800. The second kappa shape index (κ2) is 7.02. The van der Waals surface area contributed by atoms with E-state index in [2.05, 4.69) is 10.3 Å². The maximum atomic E-state index is 12.4. The Bertz CT molecular complexity index is 624. The van der Waals surface area contributed by atoms with Crippen LogP contribution in [0.4, 0.5) is 0 Å². The highest BCUT2D eigenvalue weighted by Gasteiger charge is 2.19. The summed E-state index contributed by atoms with van der Waals surface area (Å²) >= 11 is 7.31. The van der Waals surface area contributed by atoms with Gasteiger partial charge in [0, 0.05) is 30.7 Å². The summed E-state index contributed by atoms with van der Waals surface area (Å²) in [6.45, 7) is 3.31. The molecule has 2 aromatic rings. The van der Waals surface area contributed by atoms with Crippen molar-refractivity contribution in [1.82, 2.24) is 15.2 Å². The van der Waals surface area contributed by atoms with E-state index in [0.717, 1.165) is 22.8 Å². The number of nitrogens with zero attached hydrogens (tertiary/aromatic N) is 2. The number of hydrogen-bond donors (Lipinski definition) is 1. The largest absolute Gasteiger partial charge is 0.340 e. The van der Waals surface area contributed by atoms with Gasteiger partial charge >= 0.3 is 0 Å². The Labute approximate surface area is 133 Å². The van der Waals surface area contributed by atoms with Gasteiger partial charge in [0.25, 0.3) is 5.91 Å². The van der Waals surface area contributed by atoms with Gasteiger partial charge in [-0.1, -0.05) is 23.7 Å². The van der Waals surface area contributed by atoms with Crippen LogP contribution in [0.1, 0.15) is 15.4 Å². The first-order valence-electron chi connectivity index (χ1n) is 6.66. The van der Waals surface area contributed by atoms with E-state index in [9.17, 15) is 4.79 Å². The number of likely N-dealkylation sites (N-methyl/N-ethyl adjacent to an activating group) is 2. The summed E-state index contributed by atoms with van der Waals surface area (Å²) in [7, 11) is 3.68. The van der Waals surface area contributed by atoms with Crippen molar-refractivity contribution in [2.24, 2.45) is 0 Å². The van der Waals surface area contributed by atoms with Crippen LogP contribution >= 0.6 is 22.9 Å². The van der Waals surface area contributed by atoms with Crippen molar-refractivity contribution in [1.29, 1.82) is 0 Å². The Morgan fingerprint density at radius 3 is 2.67 bits per heavy atom. The number of hydrogen-bond acceptors (Lipinski definition) is 4. The fourth-order valence-corrected chi connectivity index (χ4v) is 3.06. The van der Waals surface area contributed by atoms with Crippen LogP contribution in [0.5, 0.6) is 0 Å². The average molecular weight is 324 g/mol. The lowest BCUT2D eigenvalue weighted by Gasteiger charge is -2.15. The Morgan fingerprint density at radius 1 is 1.38 bits per heavy atom. The number of nitrogens with one attached hydrogen (secondary N) is 1. The minimum absolute atomic E-state index is 0.0143. The number of aryl methyl sites for hydroxylation is 1. The number of benzene rings is 1. The molecule has 21 heavy (non-hydrogen) atoms. The molecule has 1 aromatic carbocycles. The summed E-state index contributed by atoms with van der Waals surface area (Å²) in [5.41, 5.74) is 1.75. The quantitative estimate of drug-likeness (QED) is 0.919. The molecule has 6 heteroatoms. The van der Waals surface area contributed by atoms with Crippen LogP contribution in [-0.2, 0) is 0 Å². The van der Waals surface area contributed by atoms with Gasteiger partial charge in [0.05, 0.1) is 5.69 Å². The third-order valence-electron chi connectivity index (χ3n) is 3.13. The van der Waals surface area contributed by atoms with Gasteiger partial charge in [-0.15, -0.1) is 11.3 Å². The van der Waals surface area contributed by atoms with Gasteiger partial charge in [0.2, 0.25) is 0 Å². The molecule has 1 amide bonds. The maximum Gasteiger partial charge on any atom is 0.265 e. The molecule has 0 saturated heterocycles. The summed E-state index contributed by atoms with van der Waals surface area (Å²) in [4.78, 5) is 19.3. The topological polar surface area (TPSA) is 45.2 Å². The van der Waals surface area contributed by atoms with Crippen LogP contribution in [0.25, 0.3) is 10.6 Å². The Balaban J connectivity index is 2.22. The second-order valence-corrected chi connectivity index (χ2v) is 6.21. The zero-order valence-electron chi connectivity index (χ0n) is 12.3. The van der Waals surface area contributed by atoms with Crippen molar-refractivity contribution in [2.45, 2.75) is 6.92 Å². The summed E-state index contributed by atoms with van der Waals surface area (Å²) in [6.07, 6.45) is 0. The first-order chi connectivity index (χ1) is 10.0. The van der Waals surface area contributed by atoms with Crippen molar-refractivity contribution >= 4 is 28.8 Å². The summed E-state index contributed by atoms with van der Waals surface area (Å²) < 4.78 is 0. The fraction of sp³-hybridized carbons (Fsp3) is 0.333. The SMILES string of the molecule is CNCCN(C)C(=O)c1sc(-c2ccc(Cl)cc2)nc1C. The highest BCUT2D eigenvalue weighted by molar-refractivity contribution is 7.17. The number of thiazole rings is 1. The minimum Gasteiger partial charge on any atom is -0.340 e. The molecule has 0 atom stereocenters. The van der Waals surface area contributed by atoms with Crippen LogP contribution in [0.3, 0.4) is 0 Å². The van der Waals surface area contributed by atoms with Crippen LogP contribution in [-0.4, -0.2) is 43.0 Å². The first kappa shape index (κ1) is 15.9. The molecule has 0 saturated carbocycles. The van der Waals surface area contributed by atoms with Gasteiger partial charge in [-0.05, 0) is 26.1 Å². The molecule has 1 heterocycles. The zero-order valence-corrected chi connectivity index (χ0v) is 13.9. The van der Waals surface area contributed by atoms with Gasteiger partial charge in [0.15, 0.2) is 0 Å². The van der Waals surface area contributed by atoms with E-state index in [-0.39, 0.29) is 5.91 Å². The van der Waals surface area contributed by atoms with Gasteiger partial charge in [-0.3, -0.25) is 4.79 Å². The molecule has 0 aliphatic rings. The highest BCUT2D eigenvalue weighted by atomic mass is 35.5. The predicted octanol–water partition coefficient (Wildman–Crippen LogP) is 3.06. The van der Waals surface area contributed by atoms with Gasteiger partial charge in [-0.2, -0.15) is 0 Å². The molecule has 4 nitrogen and oxygen atoms in total. The summed E-state index contributed by atoms with van der Waals surface area (Å²) in [5, 5.41) is 4.57. The van der Waals surface area contributed by atoms with E-state index < -0.39 is 0 Å². The number of carbonyl (C=O) groups is 1. The van der Waals surface area contributed by atoms with E-state index in [1.165, 1.54) is 11.3 Å². The van der Waals surface area contributed by atoms with Crippen molar-refractivity contribution in [2.75, 3.05) is 27.2 Å². The molecule has 2 rings (SSSR count). The van der Waals surface area contributed by atoms with Gasteiger partial charge < -0.3 is 10.2 Å². The number of halogens is 1. The zero-order chi connectivity index (χ0) is 15.4. The molecule has 0 fully saturated rings. The molecule has 1 N–H and O–H groups in total. The van der Waals surface area contributed by atoms with E-state index in [4.69, 9.17) is 11.6 Å². The molecule has 0 radical (unpaired) electrons. The lowest BCUT2D eigenvalue weighted by Crippen LogP contribution is -2.32. The van der Waals surface area contributed by atoms with Gasteiger partial charge in [-0.25, -0.2) is 4.98 Å². The molecular formula is C15H18ClN3OS. The lowest BCUT2D eigenvalue weighted by atomic mass is 10.2. The van der Waals surface area contributed by atoms with Crippen molar-refractivity contribution in [3.63, 3.8) is 0 Å². The molecule has 0 bridgehead atoms. The molecule has 1 aromatic heterocycles. The third-order valence-corrected chi connectivity index (χ3v) is 4.57. The van der Waals surface area contributed by atoms with E-state index in [0.29, 0.717) is 16.4 Å². The van der Waals surface area contributed by atoms with E-state index in [1.54, 1.807) is 11.9 Å². The number of carbonyl (C=O) groups excluding carboxylic acids is 1. The molecular weight excluding hydrogens is 306 g/mol. The van der Waals surface area contributed by atoms with E-state index >= 15 is 0 Å². The van der Waals surface area contributed by atoms with E-state index in [1.807, 2.05) is 38.2 Å².